The molecule has 0 aliphatic rings. The van der Waals surface area contributed by atoms with Gasteiger partial charge < -0.3 is 10.8 Å². The summed E-state index contributed by atoms with van der Waals surface area (Å²) in [6.07, 6.45) is 0. The first kappa shape index (κ1) is 11.8. The van der Waals surface area contributed by atoms with E-state index >= 15 is 0 Å². The quantitative estimate of drug-likeness (QED) is 0.647. The van der Waals surface area contributed by atoms with Crippen LogP contribution in [0.15, 0.2) is 47.4 Å². The molecule has 0 aromatic heterocycles. The standard InChI is InChI=1S/C13H12FNOS/c14-12-7-11(4-5-13(12)15)17-8-9-2-1-3-10(16)6-9/h1-7,16H,8,15H2. The van der Waals surface area contributed by atoms with Crippen molar-refractivity contribution in [3.05, 3.63) is 53.8 Å². The van der Waals surface area contributed by atoms with Crippen molar-refractivity contribution in [1.29, 1.82) is 0 Å². The average Bonchev–Trinajstić information content (AvgIpc) is 2.31. The highest BCUT2D eigenvalue weighted by atomic mass is 32.2. The second-order valence-corrected chi connectivity index (χ2v) is 4.69. The number of phenols is 1. The second kappa shape index (κ2) is 5.10. The van der Waals surface area contributed by atoms with Gasteiger partial charge in [0.25, 0.3) is 0 Å². The molecule has 17 heavy (non-hydrogen) atoms. The molecule has 2 nitrogen and oxygen atoms in total. The zero-order valence-corrected chi connectivity index (χ0v) is 9.88. The Bertz CT molecular complexity index is 531. The topological polar surface area (TPSA) is 46.2 Å². The van der Waals surface area contributed by atoms with Gasteiger partial charge in [-0.2, -0.15) is 0 Å². The lowest BCUT2D eigenvalue weighted by molar-refractivity contribution is 0.475. The average molecular weight is 249 g/mol. The molecule has 0 saturated heterocycles. The molecule has 0 unspecified atom stereocenters. The van der Waals surface area contributed by atoms with E-state index in [1.165, 1.54) is 17.8 Å². The second-order valence-electron chi connectivity index (χ2n) is 3.64. The molecule has 2 rings (SSSR count). The highest BCUT2D eigenvalue weighted by molar-refractivity contribution is 7.98. The highest BCUT2D eigenvalue weighted by Crippen LogP contribution is 2.26. The summed E-state index contributed by atoms with van der Waals surface area (Å²) in [5.74, 6) is 0.523. The minimum atomic E-state index is -0.397. The number of hydrogen-bond donors (Lipinski definition) is 2. The maximum Gasteiger partial charge on any atom is 0.147 e. The molecule has 0 heterocycles. The van der Waals surface area contributed by atoms with Crippen molar-refractivity contribution < 1.29 is 9.50 Å². The molecule has 0 bridgehead atoms. The Balaban J connectivity index is 2.05. The van der Waals surface area contributed by atoms with Gasteiger partial charge >= 0.3 is 0 Å². The number of phenolic OH excluding ortho intramolecular Hbond substituents is 1. The monoisotopic (exact) mass is 249 g/mol. The van der Waals surface area contributed by atoms with Crippen molar-refractivity contribution in [3.63, 3.8) is 0 Å². The molecular formula is C13H12FNOS. The SMILES string of the molecule is Nc1ccc(SCc2cccc(O)c2)cc1F. The number of thioether (sulfide) groups is 1. The molecule has 0 atom stereocenters. The number of halogens is 1. The summed E-state index contributed by atoms with van der Waals surface area (Å²) in [4.78, 5) is 0.819. The van der Waals surface area contributed by atoms with Crippen molar-refractivity contribution in [2.45, 2.75) is 10.6 Å². The number of nitrogens with two attached hydrogens (primary N) is 1. The van der Waals surface area contributed by atoms with Crippen molar-refractivity contribution >= 4 is 17.4 Å². The van der Waals surface area contributed by atoms with Crippen LogP contribution in [0.25, 0.3) is 0 Å². The fourth-order valence-electron chi connectivity index (χ4n) is 1.41. The van der Waals surface area contributed by atoms with Gasteiger partial charge in [0.15, 0.2) is 0 Å². The Kier molecular flexibility index (Phi) is 3.54. The van der Waals surface area contributed by atoms with E-state index in [0.29, 0.717) is 5.75 Å². The number of hydrogen-bond acceptors (Lipinski definition) is 3. The van der Waals surface area contributed by atoms with E-state index in [1.807, 2.05) is 6.07 Å². The largest absolute Gasteiger partial charge is 0.508 e. The van der Waals surface area contributed by atoms with E-state index in [2.05, 4.69) is 0 Å². The number of anilines is 1. The fourth-order valence-corrected chi connectivity index (χ4v) is 2.27. The smallest absolute Gasteiger partial charge is 0.147 e. The number of rotatable bonds is 3. The lowest BCUT2D eigenvalue weighted by Crippen LogP contribution is -1.89. The van der Waals surface area contributed by atoms with Crippen LogP contribution < -0.4 is 5.73 Å². The number of aromatic hydroxyl groups is 1. The molecule has 2 aromatic rings. The maximum absolute atomic E-state index is 13.2. The van der Waals surface area contributed by atoms with Crippen LogP contribution in [0.1, 0.15) is 5.56 Å². The van der Waals surface area contributed by atoms with Gasteiger partial charge in [0.2, 0.25) is 0 Å². The van der Waals surface area contributed by atoms with Gasteiger partial charge in [-0.25, -0.2) is 4.39 Å². The summed E-state index contributed by atoms with van der Waals surface area (Å²) in [6.45, 7) is 0. The van der Waals surface area contributed by atoms with Gasteiger partial charge in [0.05, 0.1) is 5.69 Å². The van der Waals surface area contributed by atoms with E-state index in [9.17, 15) is 9.50 Å². The molecule has 4 heteroatoms. The van der Waals surface area contributed by atoms with Crippen molar-refractivity contribution in [1.82, 2.24) is 0 Å². The molecule has 2 aromatic carbocycles. The molecule has 0 saturated carbocycles. The van der Waals surface area contributed by atoms with E-state index in [4.69, 9.17) is 5.73 Å². The molecule has 0 aliphatic heterocycles. The van der Waals surface area contributed by atoms with Crippen LogP contribution in [0.4, 0.5) is 10.1 Å². The van der Waals surface area contributed by atoms with Crippen LogP contribution in [0.2, 0.25) is 0 Å². The van der Waals surface area contributed by atoms with E-state index in [-0.39, 0.29) is 11.4 Å². The lowest BCUT2D eigenvalue weighted by Gasteiger charge is -2.04. The Morgan fingerprint density at radius 2 is 2.00 bits per heavy atom. The first-order valence-electron chi connectivity index (χ1n) is 5.11. The molecule has 0 aliphatic carbocycles. The van der Waals surface area contributed by atoms with Crippen LogP contribution in [-0.2, 0) is 5.75 Å². The third-order valence-corrected chi connectivity index (χ3v) is 3.35. The van der Waals surface area contributed by atoms with Crippen LogP contribution in [0.5, 0.6) is 5.75 Å². The lowest BCUT2D eigenvalue weighted by atomic mass is 10.2. The van der Waals surface area contributed by atoms with Gasteiger partial charge in [-0.15, -0.1) is 11.8 Å². The van der Waals surface area contributed by atoms with Gasteiger partial charge in [-0.05, 0) is 35.9 Å². The van der Waals surface area contributed by atoms with Crippen molar-refractivity contribution in [2.24, 2.45) is 0 Å². The van der Waals surface area contributed by atoms with Gasteiger partial charge in [0, 0.05) is 10.6 Å². The van der Waals surface area contributed by atoms with E-state index in [1.54, 1.807) is 30.3 Å². The first-order chi connectivity index (χ1) is 8.15. The molecule has 3 N–H and O–H groups in total. The Morgan fingerprint density at radius 1 is 1.18 bits per heavy atom. The number of nitrogen functional groups attached to an aromatic ring is 1. The normalized spacial score (nSPS) is 10.4. The summed E-state index contributed by atoms with van der Waals surface area (Å²) in [7, 11) is 0. The molecule has 0 fully saturated rings. The summed E-state index contributed by atoms with van der Waals surface area (Å²) in [6, 6.07) is 11.8. The van der Waals surface area contributed by atoms with Crippen LogP contribution >= 0.6 is 11.8 Å². The van der Waals surface area contributed by atoms with Crippen LogP contribution in [0, 0.1) is 5.82 Å². The predicted molar refractivity (Wildman–Crippen MR) is 68.5 cm³/mol. The summed E-state index contributed by atoms with van der Waals surface area (Å²) in [5.41, 5.74) is 6.55. The summed E-state index contributed by atoms with van der Waals surface area (Å²) in [5, 5.41) is 9.30. The predicted octanol–water partition coefficient (Wildman–Crippen LogP) is 3.41. The Hall–Kier alpha value is -1.68. The maximum atomic E-state index is 13.2. The van der Waals surface area contributed by atoms with E-state index in [0.717, 1.165) is 10.5 Å². The first-order valence-corrected chi connectivity index (χ1v) is 6.09. The molecule has 0 radical (unpaired) electrons. The van der Waals surface area contributed by atoms with Gasteiger partial charge in [0.1, 0.15) is 11.6 Å². The molecule has 0 spiro atoms. The van der Waals surface area contributed by atoms with Crippen LogP contribution in [0.3, 0.4) is 0 Å². The summed E-state index contributed by atoms with van der Waals surface area (Å²) < 4.78 is 13.2. The summed E-state index contributed by atoms with van der Waals surface area (Å²) >= 11 is 1.50. The van der Waals surface area contributed by atoms with Crippen molar-refractivity contribution in [3.8, 4) is 5.75 Å². The van der Waals surface area contributed by atoms with Gasteiger partial charge in [-0.1, -0.05) is 12.1 Å². The Labute approximate surface area is 103 Å². The zero-order chi connectivity index (χ0) is 12.3. The fraction of sp³-hybridized carbons (Fsp3) is 0.0769. The Morgan fingerprint density at radius 3 is 2.71 bits per heavy atom. The van der Waals surface area contributed by atoms with E-state index < -0.39 is 5.82 Å². The zero-order valence-electron chi connectivity index (χ0n) is 9.06. The number of benzene rings is 2. The highest BCUT2D eigenvalue weighted by Gasteiger charge is 2.01. The molecular weight excluding hydrogens is 237 g/mol. The third-order valence-electron chi connectivity index (χ3n) is 2.29. The minimum Gasteiger partial charge on any atom is -0.508 e. The van der Waals surface area contributed by atoms with Crippen molar-refractivity contribution in [2.75, 3.05) is 5.73 Å². The third kappa shape index (κ3) is 3.14. The van der Waals surface area contributed by atoms with Gasteiger partial charge in [-0.3, -0.25) is 0 Å². The van der Waals surface area contributed by atoms with Crippen LogP contribution in [-0.4, -0.2) is 5.11 Å². The molecule has 88 valence electrons. The molecule has 0 amide bonds. The minimum absolute atomic E-state index is 0.159.